The summed E-state index contributed by atoms with van der Waals surface area (Å²) in [6.07, 6.45) is 2.52. The van der Waals surface area contributed by atoms with Crippen molar-refractivity contribution in [1.82, 2.24) is 9.78 Å². The zero-order valence-corrected chi connectivity index (χ0v) is 32.4. The Balaban J connectivity index is 1.16. The summed E-state index contributed by atoms with van der Waals surface area (Å²) in [5.41, 5.74) is 2.81. The van der Waals surface area contributed by atoms with Gasteiger partial charge in [-0.05, 0) is 98.5 Å². The molecular weight excluding hydrogens is 776 g/mol. The largest absolute Gasteiger partial charge is 0.507 e. The number of halogens is 2. The summed E-state index contributed by atoms with van der Waals surface area (Å²) in [4.78, 5) is 61.7. The van der Waals surface area contributed by atoms with E-state index in [-0.39, 0.29) is 35.8 Å². The highest BCUT2D eigenvalue weighted by Gasteiger charge is 2.68. The number of nitrogens with zero attached hydrogens (tertiary/aromatic N) is 4. The maximum absolute atomic E-state index is 15.1. The zero-order valence-electron chi connectivity index (χ0n) is 29.3. The van der Waals surface area contributed by atoms with Crippen molar-refractivity contribution in [3.8, 4) is 16.3 Å². The summed E-state index contributed by atoms with van der Waals surface area (Å²) < 4.78 is 3.45. The number of aryl methyl sites for hydroxylation is 3. The summed E-state index contributed by atoms with van der Waals surface area (Å²) in [6.45, 7) is 5.63. The fourth-order valence-corrected chi connectivity index (χ4v) is 11.1. The Bertz CT molecular complexity index is 2490. The number of anilines is 2. The van der Waals surface area contributed by atoms with Gasteiger partial charge >= 0.3 is 0 Å². The number of phenols is 1. The molecule has 9 rings (SSSR count). The van der Waals surface area contributed by atoms with Crippen molar-refractivity contribution in [3.63, 3.8) is 0 Å². The fraction of sp³-hybridized carbons (Fsp3) is 0.293. The number of rotatable bonds is 4. The third-order valence-corrected chi connectivity index (χ3v) is 14.2. The number of thiophene rings is 1. The molecule has 1 N–H and O–H groups in total. The number of carbonyl (C=O) groups is 4. The van der Waals surface area contributed by atoms with Crippen LogP contribution in [0.4, 0.5) is 11.5 Å². The highest BCUT2D eigenvalue weighted by molar-refractivity contribution is 9.10. The van der Waals surface area contributed by atoms with Crippen molar-refractivity contribution < 1.29 is 24.3 Å². The van der Waals surface area contributed by atoms with E-state index in [1.807, 2.05) is 44.2 Å². The Kier molecular flexibility index (Phi) is 7.72. The number of benzene rings is 3. The lowest BCUT2D eigenvalue weighted by molar-refractivity contribution is -0.131. The zero-order chi connectivity index (χ0) is 37.2. The molecule has 0 spiro atoms. The van der Waals surface area contributed by atoms with Crippen LogP contribution in [0.15, 0.2) is 82.9 Å². The molecule has 0 bridgehead atoms. The minimum Gasteiger partial charge on any atom is -0.507 e. The van der Waals surface area contributed by atoms with Gasteiger partial charge in [-0.3, -0.25) is 28.8 Å². The standard InChI is InChI=1S/C41H34BrClN4O5S/c1-19-6-5-7-26(35(19)48)34-24-13-14-25-33(39(51)46(37(25)49)23-11-8-21(42)9-12-23)28(24)17-29-38(50)47(40(52)41(29,34)3)32-18-30(44-45(32)4)36-20(2)27-16-22(43)10-15-31(27)53-36/h5-13,15-16,18,25,28-29,33-34,48H,14,17H2,1-4H3/t25-,28+,29-,33-,34+,41+/m0/s1. The molecule has 0 radical (unpaired) electrons. The van der Waals surface area contributed by atoms with Crippen LogP contribution in [0.3, 0.4) is 0 Å². The van der Waals surface area contributed by atoms with Gasteiger partial charge in [0.2, 0.25) is 23.6 Å². The lowest BCUT2D eigenvalue weighted by Gasteiger charge is -2.49. The fourth-order valence-electron chi connectivity index (χ4n) is 9.55. The number of imide groups is 2. The van der Waals surface area contributed by atoms with Crippen LogP contribution in [0.1, 0.15) is 42.4 Å². The number of fused-ring (bicyclic) bond motifs is 5. The predicted octanol–water partition coefficient (Wildman–Crippen LogP) is 8.48. The van der Waals surface area contributed by atoms with Crippen molar-refractivity contribution >= 4 is 84.1 Å². The summed E-state index contributed by atoms with van der Waals surface area (Å²) in [6, 6.07) is 20.1. The predicted molar refractivity (Wildman–Crippen MR) is 208 cm³/mol. The van der Waals surface area contributed by atoms with Crippen molar-refractivity contribution in [2.75, 3.05) is 9.80 Å². The molecule has 2 saturated heterocycles. The summed E-state index contributed by atoms with van der Waals surface area (Å²) >= 11 is 11.3. The van der Waals surface area contributed by atoms with Crippen LogP contribution in [0.25, 0.3) is 20.7 Å². The Labute approximate surface area is 323 Å². The first-order valence-corrected chi connectivity index (χ1v) is 19.5. The lowest BCUT2D eigenvalue weighted by Crippen LogP contribution is -2.49. The van der Waals surface area contributed by atoms with Crippen LogP contribution >= 0.6 is 38.9 Å². The molecule has 268 valence electrons. The molecule has 2 aromatic heterocycles. The maximum Gasteiger partial charge on any atom is 0.242 e. The highest BCUT2D eigenvalue weighted by atomic mass is 79.9. The molecule has 3 fully saturated rings. The van der Waals surface area contributed by atoms with E-state index in [0.29, 0.717) is 39.8 Å². The van der Waals surface area contributed by atoms with Crippen LogP contribution in [-0.2, 0) is 26.2 Å². The number of allylic oxidation sites excluding steroid dienone is 2. The molecule has 6 atom stereocenters. The second-order valence-electron chi connectivity index (χ2n) is 14.9. The van der Waals surface area contributed by atoms with Gasteiger partial charge in [-0.2, -0.15) is 5.10 Å². The molecule has 4 heterocycles. The maximum atomic E-state index is 15.1. The average molecular weight is 810 g/mol. The molecule has 0 unspecified atom stereocenters. The normalized spacial score (nSPS) is 26.7. The highest BCUT2D eigenvalue weighted by Crippen LogP contribution is 2.64. The number of amides is 4. The molecule has 3 aromatic carbocycles. The molecule has 2 aliphatic carbocycles. The van der Waals surface area contributed by atoms with E-state index in [0.717, 1.165) is 30.6 Å². The Morgan fingerprint density at radius 3 is 2.45 bits per heavy atom. The van der Waals surface area contributed by atoms with E-state index in [1.54, 1.807) is 72.5 Å². The average Bonchev–Trinajstić information content (AvgIpc) is 3.80. The van der Waals surface area contributed by atoms with Crippen LogP contribution in [-0.4, -0.2) is 38.5 Å². The van der Waals surface area contributed by atoms with Crippen LogP contribution in [0.2, 0.25) is 5.02 Å². The van der Waals surface area contributed by atoms with Gasteiger partial charge in [0.05, 0.1) is 33.7 Å². The molecule has 1 saturated carbocycles. The number of aromatic hydroxyl groups is 1. The van der Waals surface area contributed by atoms with Gasteiger partial charge in [0, 0.05) is 38.8 Å². The van der Waals surface area contributed by atoms with Gasteiger partial charge in [-0.1, -0.05) is 57.4 Å². The van der Waals surface area contributed by atoms with E-state index >= 15 is 4.79 Å². The number of para-hydroxylation sites is 1. The van der Waals surface area contributed by atoms with E-state index in [4.69, 9.17) is 16.7 Å². The lowest BCUT2D eigenvalue weighted by atomic mass is 9.51. The number of aromatic nitrogens is 2. The van der Waals surface area contributed by atoms with Gasteiger partial charge in [-0.15, -0.1) is 11.3 Å². The van der Waals surface area contributed by atoms with E-state index in [9.17, 15) is 19.5 Å². The molecule has 5 aromatic rings. The van der Waals surface area contributed by atoms with E-state index in [2.05, 4.69) is 15.9 Å². The van der Waals surface area contributed by atoms with Gasteiger partial charge in [-0.25, -0.2) is 4.90 Å². The number of hydrogen-bond acceptors (Lipinski definition) is 7. The van der Waals surface area contributed by atoms with Crippen LogP contribution in [0, 0.1) is 42.9 Å². The van der Waals surface area contributed by atoms with E-state index < -0.39 is 35.0 Å². The molecule has 53 heavy (non-hydrogen) atoms. The number of phenolic OH excluding ortho intramolecular Hbond substituents is 1. The number of hydrogen-bond donors (Lipinski definition) is 1. The summed E-state index contributed by atoms with van der Waals surface area (Å²) in [5, 5.41) is 18.0. The van der Waals surface area contributed by atoms with Crippen LogP contribution in [0.5, 0.6) is 5.75 Å². The second-order valence-corrected chi connectivity index (χ2v) is 17.3. The second kappa shape index (κ2) is 12.0. The van der Waals surface area contributed by atoms with E-state index in [1.165, 1.54) is 9.80 Å². The van der Waals surface area contributed by atoms with Gasteiger partial charge < -0.3 is 5.11 Å². The quantitative estimate of drug-likeness (QED) is 0.144. The Morgan fingerprint density at radius 1 is 0.943 bits per heavy atom. The molecular formula is C41H34BrClN4O5S. The molecule has 4 aliphatic rings. The van der Waals surface area contributed by atoms with Crippen molar-refractivity contribution in [1.29, 1.82) is 0 Å². The van der Waals surface area contributed by atoms with Gasteiger partial charge in [0.15, 0.2) is 0 Å². The Morgan fingerprint density at radius 2 is 1.70 bits per heavy atom. The minimum absolute atomic E-state index is 0.0494. The van der Waals surface area contributed by atoms with Crippen molar-refractivity contribution in [3.05, 3.63) is 105 Å². The first-order valence-electron chi connectivity index (χ1n) is 17.5. The number of carbonyl (C=O) groups excluding carboxylic acids is 4. The Hall–Kier alpha value is -4.58. The summed E-state index contributed by atoms with van der Waals surface area (Å²) in [5.74, 6) is -4.32. The first kappa shape index (κ1) is 34.2. The first-order chi connectivity index (χ1) is 25.3. The SMILES string of the molecule is Cc1cccc([C@H]2C3=CC[C@@H]4C(=O)N(c5ccc(Br)cc5)C(=O)[C@@H]4[C@@H]3C[C@H]3C(=O)N(c4cc(-c5sc6ccc(Cl)cc6c5C)nn4C)C(=O)[C@@]23C)c1O. The third kappa shape index (κ3) is 4.76. The molecule has 2 aliphatic heterocycles. The van der Waals surface area contributed by atoms with Crippen molar-refractivity contribution in [2.24, 2.45) is 36.1 Å². The minimum atomic E-state index is -1.30. The van der Waals surface area contributed by atoms with Gasteiger partial charge in [0.25, 0.3) is 0 Å². The molecule has 4 amide bonds. The summed E-state index contributed by atoms with van der Waals surface area (Å²) in [7, 11) is 1.72. The van der Waals surface area contributed by atoms with Gasteiger partial charge in [0.1, 0.15) is 17.3 Å². The monoisotopic (exact) mass is 808 g/mol. The van der Waals surface area contributed by atoms with Crippen molar-refractivity contribution in [2.45, 2.75) is 39.5 Å². The van der Waals surface area contributed by atoms with Crippen LogP contribution < -0.4 is 9.80 Å². The smallest absolute Gasteiger partial charge is 0.242 e. The molecule has 9 nitrogen and oxygen atoms in total. The third-order valence-electron chi connectivity index (χ3n) is 12.2. The molecule has 12 heteroatoms. The topological polar surface area (TPSA) is 113 Å².